The van der Waals surface area contributed by atoms with Crippen molar-refractivity contribution in [1.82, 2.24) is 4.90 Å². The fraction of sp³-hybridized carbons (Fsp3) is 0.529. The van der Waals surface area contributed by atoms with E-state index in [1.165, 1.54) is 0 Å². The zero-order valence-electron chi connectivity index (χ0n) is 13.4. The second-order valence-electron chi connectivity index (χ2n) is 6.21. The van der Waals surface area contributed by atoms with Crippen LogP contribution in [-0.2, 0) is 9.59 Å². The van der Waals surface area contributed by atoms with Crippen LogP contribution in [0.5, 0.6) is 0 Å². The van der Waals surface area contributed by atoms with Crippen molar-refractivity contribution in [2.75, 3.05) is 18.4 Å². The third-order valence-electron chi connectivity index (χ3n) is 4.22. The van der Waals surface area contributed by atoms with Gasteiger partial charge in [-0.3, -0.25) is 14.5 Å². The number of likely N-dealkylation sites (tertiary alicyclic amines) is 1. The van der Waals surface area contributed by atoms with Crippen LogP contribution in [0, 0.1) is 19.8 Å². The van der Waals surface area contributed by atoms with E-state index in [4.69, 9.17) is 5.11 Å². The van der Waals surface area contributed by atoms with Crippen molar-refractivity contribution in [2.45, 2.75) is 39.7 Å². The number of anilines is 1. The van der Waals surface area contributed by atoms with Crippen molar-refractivity contribution in [3.05, 3.63) is 29.3 Å². The summed E-state index contributed by atoms with van der Waals surface area (Å²) in [5.74, 6) is -1.23. The van der Waals surface area contributed by atoms with Gasteiger partial charge in [-0.05, 0) is 63.4 Å². The van der Waals surface area contributed by atoms with Crippen LogP contribution in [0.2, 0.25) is 0 Å². The predicted molar refractivity (Wildman–Crippen MR) is 85.9 cm³/mol. The SMILES string of the molecule is Cc1cc(C)cc(NC(=O)C(C)N2CCCC(C(=O)O)C2)c1. The maximum Gasteiger partial charge on any atom is 0.307 e. The lowest BCUT2D eigenvalue weighted by Gasteiger charge is -2.34. The second kappa shape index (κ2) is 6.92. The highest BCUT2D eigenvalue weighted by Crippen LogP contribution is 2.20. The molecule has 0 aromatic heterocycles. The summed E-state index contributed by atoms with van der Waals surface area (Å²) in [6.45, 7) is 7.03. The van der Waals surface area contributed by atoms with Gasteiger partial charge in [-0.15, -0.1) is 0 Å². The third kappa shape index (κ3) is 4.07. The summed E-state index contributed by atoms with van der Waals surface area (Å²) in [7, 11) is 0. The van der Waals surface area contributed by atoms with Gasteiger partial charge in [-0.25, -0.2) is 0 Å². The van der Waals surface area contributed by atoms with Crippen LogP contribution in [-0.4, -0.2) is 41.0 Å². The number of hydrogen-bond donors (Lipinski definition) is 2. The minimum atomic E-state index is -0.772. The lowest BCUT2D eigenvalue weighted by molar-refractivity contribution is -0.144. The van der Waals surface area contributed by atoms with E-state index >= 15 is 0 Å². The molecule has 1 amide bonds. The highest BCUT2D eigenvalue weighted by molar-refractivity contribution is 5.94. The van der Waals surface area contributed by atoms with Crippen molar-refractivity contribution in [1.29, 1.82) is 0 Å². The Morgan fingerprint density at radius 1 is 1.27 bits per heavy atom. The molecule has 2 N–H and O–H groups in total. The summed E-state index contributed by atoms with van der Waals surface area (Å²) < 4.78 is 0. The number of nitrogens with zero attached hydrogens (tertiary/aromatic N) is 1. The molecule has 1 saturated heterocycles. The van der Waals surface area contributed by atoms with Crippen molar-refractivity contribution >= 4 is 17.6 Å². The van der Waals surface area contributed by atoms with Crippen LogP contribution in [0.3, 0.4) is 0 Å². The van der Waals surface area contributed by atoms with E-state index in [1.807, 2.05) is 37.8 Å². The standard InChI is InChI=1S/C17H24N2O3/c1-11-7-12(2)9-15(8-11)18-16(20)13(3)19-6-4-5-14(10-19)17(21)22/h7-9,13-14H,4-6,10H2,1-3H3,(H,18,20)(H,21,22). The molecule has 2 rings (SSSR count). The number of carbonyl (C=O) groups excluding carboxylic acids is 1. The molecule has 1 heterocycles. The van der Waals surface area contributed by atoms with Crippen molar-refractivity contribution < 1.29 is 14.7 Å². The van der Waals surface area contributed by atoms with E-state index in [1.54, 1.807) is 0 Å². The maximum absolute atomic E-state index is 12.4. The Labute approximate surface area is 131 Å². The number of piperidine rings is 1. The van der Waals surface area contributed by atoms with Gasteiger partial charge >= 0.3 is 5.97 Å². The molecule has 22 heavy (non-hydrogen) atoms. The van der Waals surface area contributed by atoms with Gasteiger partial charge in [0.15, 0.2) is 0 Å². The third-order valence-corrected chi connectivity index (χ3v) is 4.22. The first-order valence-electron chi connectivity index (χ1n) is 7.73. The van der Waals surface area contributed by atoms with Gasteiger partial charge in [0.2, 0.25) is 5.91 Å². The number of carboxylic acids is 1. The number of carbonyl (C=O) groups is 2. The molecule has 5 nitrogen and oxygen atoms in total. The Hall–Kier alpha value is -1.88. The Morgan fingerprint density at radius 2 is 1.91 bits per heavy atom. The largest absolute Gasteiger partial charge is 0.481 e. The Balaban J connectivity index is 2.00. The fourth-order valence-electron chi connectivity index (χ4n) is 3.02. The summed E-state index contributed by atoms with van der Waals surface area (Å²) >= 11 is 0. The van der Waals surface area contributed by atoms with E-state index in [0.29, 0.717) is 13.0 Å². The molecule has 1 aliphatic rings. The Bertz CT molecular complexity index is 551. The molecule has 0 radical (unpaired) electrons. The number of benzene rings is 1. The number of rotatable bonds is 4. The molecular formula is C17H24N2O3. The van der Waals surface area contributed by atoms with E-state index in [0.717, 1.165) is 29.8 Å². The van der Waals surface area contributed by atoms with Gasteiger partial charge in [0.25, 0.3) is 0 Å². The average molecular weight is 304 g/mol. The molecule has 5 heteroatoms. The highest BCUT2D eigenvalue weighted by Gasteiger charge is 2.30. The summed E-state index contributed by atoms with van der Waals surface area (Å²) in [6, 6.07) is 5.60. The van der Waals surface area contributed by atoms with E-state index in [2.05, 4.69) is 11.4 Å². The van der Waals surface area contributed by atoms with Crippen LogP contribution in [0.25, 0.3) is 0 Å². The molecule has 0 saturated carbocycles. The first-order valence-corrected chi connectivity index (χ1v) is 7.73. The number of hydrogen-bond acceptors (Lipinski definition) is 3. The number of aliphatic carboxylic acids is 1. The van der Waals surface area contributed by atoms with Gasteiger partial charge in [-0.1, -0.05) is 6.07 Å². The smallest absolute Gasteiger partial charge is 0.307 e. The van der Waals surface area contributed by atoms with Crippen LogP contribution >= 0.6 is 0 Å². The topological polar surface area (TPSA) is 69.6 Å². The zero-order chi connectivity index (χ0) is 16.3. The molecular weight excluding hydrogens is 280 g/mol. The zero-order valence-corrected chi connectivity index (χ0v) is 13.4. The quantitative estimate of drug-likeness (QED) is 0.896. The molecule has 1 aromatic carbocycles. The van der Waals surface area contributed by atoms with Crippen molar-refractivity contribution in [3.63, 3.8) is 0 Å². The molecule has 0 aliphatic carbocycles. The first-order chi connectivity index (χ1) is 10.4. The number of nitrogens with one attached hydrogen (secondary N) is 1. The molecule has 2 unspecified atom stereocenters. The fourth-order valence-corrected chi connectivity index (χ4v) is 3.02. The van der Waals surface area contributed by atoms with Crippen LogP contribution < -0.4 is 5.32 Å². The highest BCUT2D eigenvalue weighted by atomic mass is 16.4. The van der Waals surface area contributed by atoms with Crippen LogP contribution in [0.1, 0.15) is 30.9 Å². The molecule has 0 bridgehead atoms. The van der Waals surface area contributed by atoms with Gasteiger partial charge < -0.3 is 10.4 Å². The summed E-state index contributed by atoms with van der Waals surface area (Å²) in [5.41, 5.74) is 3.00. The van der Waals surface area contributed by atoms with Crippen molar-refractivity contribution in [3.8, 4) is 0 Å². The minimum absolute atomic E-state index is 0.0870. The van der Waals surface area contributed by atoms with E-state index < -0.39 is 5.97 Å². The summed E-state index contributed by atoms with van der Waals surface area (Å²) in [4.78, 5) is 25.5. The average Bonchev–Trinajstić information content (AvgIpc) is 2.45. The Morgan fingerprint density at radius 3 is 2.50 bits per heavy atom. The van der Waals surface area contributed by atoms with Crippen molar-refractivity contribution in [2.24, 2.45) is 5.92 Å². The van der Waals surface area contributed by atoms with Crippen LogP contribution in [0.4, 0.5) is 5.69 Å². The second-order valence-corrected chi connectivity index (χ2v) is 6.21. The van der Waals surface area contributed by atoms with Gasteiger partial charge in [0.1, 0.15) is 0 Å². The van der Waals surface area contributed by atoms with Crippen LogP contribution in [0.15, 0.2) is 18.2 Å². The molecule has 0 spiro atoms. The number of carboxylic acid groups (broad SMARTS) is 1. The molecule has 1 aromatic rings. The predicted octanol–water partition coefficient (Wildman–Crippen LogP) is 2.43. The maximum atomic E-state index is 12.4. The lowest BCUT2D eigenvalue weighted by Crippen LogP contribution is -2.48. The monoisotopic (exact) mass is 304 g/mol. The Kier molecular flexibility index (Phi) is 5.19. The van der Waals surface area contributed by atoms with Gasteiger partial charge in [-0.2, -0.15) is 0 Å². The number of aryl methyl sites for hydroxylation is 2. The first kappa shape index (κ1) is 16.5. The summed E-state index contributed by atoms with van der Waals surface area (Å²) in [6.07, 6.45) is 1.51. The molecule has 1 fully saturated rings. The van der Waals surface area contributed by atoms with E-state index in [9.17, 15) is 9.59 Å². The van der Waals surface area contributed by atoms with E-state index in [-0.39, 0.29) is 17.9 Å². The molecule has 1 aliphatic heterocycles. The van der Waals surface area contributed by atoms with Gasteiger partial charge in [0.05, 0.1) is 12.0 Å². The molecule has 120 valence electrons. The lowest BCUT2D eigenvalue weighted by atomic mass is 9.97. The number of amides is 1. The minimum Gasteiger partial charge on any atom is -0.481 e. The summed E-state index contributed by atoms with van der Waals surface area (Å²) in [5, 5.41) is 12.1. The normalized spacial score (nSPS) is 20.4. The van der Waals surface area contributed by atoms with Gasteiger partial charge in [0, 0.05) is 12.2 Å². The molecule has 2 atom stereocenters.